The number of rotatable bonds is 10. The Balaban J connectivity index is 1.21. The van der Waals surface area contributed by atoms with E-state index < -0.39 is 28.7 Å². The van der Waals surface area contributed by atoms with E-state index in [0.717, 1.165) is 69.8 Å². The maximum atomic E-state index is 14.5. The van der Waals surface area contributed by atoms with Gasteiger partial charge in [-0.15, -0.1) is 0 Å². The summed E-state index contributed by atoms with van der Waals surface area (Å²) in [4.78, 5) is 50.6. The highest BCUT2D eigenvalue weighted by atomic mass is 16.5. The van der Waals surface area contributed by atoms with Crippen LogP contribution in [0.3, 0.4) is 0 Å². The number of ether oxygens (including phenoxy) is 1. The van der Waals surface area contributed by atoms with Crippen LogP contribution in [0.15, 0.2) is 36.4 Å². The molecule has 3 N–H and O–H groups in total. The predicted octanol–water partition coefficient (Wildman–Crippen LogP) is 9.11. The average molecular weight is 732 g/mol. The molecule has 0 aromatic heterocycles. The number of nitrogens with one attached hydrogen (secondary N) is 1. The maximum Gasteiger partial charge on any atom is 0.335 e. The summed E-state index contributed by atoms with van der Waals surface area (Å²) in [5, 5.41) is 22.2. The summed E-state index contributed by atoms with van der Waals surface area (Å²) in [5.41, 5.74) is 0.973. The minimum absolute atomic E-state index is 0.0815. The minimum Gasteiger partial charge on any atom is -0.481 e. The van der Waals surface area contributed by atoms with Gasteiger partial charge in [-0.3, -0.25) is 14.4 Å². The lowest BCUT2D eigenvalue weighted by Gasteiger charge is -2.72. The number of carbonyl (C=O) groups is 4. The van der Waals surface area contributed by atoms with E-state index in [1.165, 1.54) is 5.57 Å². The van der Waals surface area contributed by atoms with Gasteiger partial charge in [0.15, 0.2) is 0 Å². The first kappa shape index (κ1) is 39.5. The van der Waals surface area contributed by atoms with Gasteiger partial charge in [0, 0.05) is 12.0 Å². The summed E-state index contributed by atoms with van der Waals surface area (Å²) >= 11 is 0. The summed E-state index contributed by atoms with van der Waals surface area (Å²) in [6.07, 6.45) is 10.4. The molecular weight excluding hydrogens is 666 g/mol. The Bertz CT molecular complexity index is 1650. The molecule has 8 heteroatoms. The van der Waals surface area contributed by atoms with Crippen molar-refractivity contribution in [1.29, 1.82) is 0 Å². The molecule has 6 rings (SSSR count). The Morgan fingerprint density at radius 1 is 0.849 bits per heavy atom. The highest BCUT2D eigenvalue weighted by Gasteiger charge is 2.72. The van der Waals surface area contributed by atoms with Crippen LogP contribution in [0.2, 0.25) is 0 Å². The largest absolute Gasteiger partial charge is 0.481 e. The molecule has 5 aliphatic carbocycles. The van der Waals surface area contributed by atoms with Crippen molar-refractivity contribution >= 4 is 23.8 Å². The number of carbonyl (C=O) groups excluding carboxylic acids is 2. The van der Waals surface area contributed by atoms with Gasteiger partial charge in [-0.2, -0.15) is 0 Å². The molecule has 0 aliphatic heterocycles. The number of aliphatic carboxylic acids is 1. The first-order valence-corrected chi connectivity index (χ1v) is 20.3. The molecule has 5 saturated carbocycles. The average Bonchev–Trinajstić information content (AvgIpc) is 3.48. The maximum absolute atomic E-state index is 14.5. The van der Waals surface area contributed by atoms with Crippen molar-refractivity contribution in [2.75, 3.05) is 6.54 Å². The lowest BCUT2D eigenvalue weighted by Crippen LogP contribution is -2.67. The number of hydrogen-bond acceptors (Lipinski definition) is 5. The van der Waals surface area contributed by atoms with Gasteiger partial charge in [0.2, 0.25) is 5.91 Å². The number of hydrogen-bond donors (Lipinski definition) is 3. The van der Waals surface area contributed by atoms with Gasteiger partial charge in [0.1, 0.15) is 6.10 Å². The van der Waals surface area contributed by atoms with Crippen LogP contribution in [-0.4, -0.2) is 46.7 Å². The lowest BCUT2D eigenvalue weighted by atomic mass is 9.32. The Labute approximate surface area is 317 Å². The molecule has 0 heterocycles. The first-order valence-electron chi connectivity index (χ1n) is 20.3. The van der Waals surface area contributed by atoms with Gasteiger partial charge in [-0.25, -0.2) is 4.79 Å². The lowest BCUT2D eigenvalue weighted by molar-refractivity contribution is -0.249. The van der Waals surface area contributed by atoms with Crippen LogP contribution < -0.4 is 5.32 Å². The molecule has 10 atom stereocenters. The zero-order chi connectivity index (χ0) is 38.9. The smallest absolute Gasteiger partial charge is 0.335 e. The second-order valence-corrected chi connectivity index (χ2v) is 20.1. The normalized spacial score (nSPS) is 38.6. The molecule has 0 spiro atoms. The highest BCUT2D eigenvalue weighted by molar-refractivity contribution is 5.87. The van der Waals surface area contributed by atoms with E-state index in [2.05, 4.69) is 53.4 Å². The molecule has 0 bridgehead atoms. The van der Waals surface area contributed by atoms with Crippen LogP contribution in [0.4, 0.5) is 0 Å². The van der Waals surface area contributed by atoms with Crippen molar-refractivity contribution in [1.82, 2.24) is 5.32 Å². The molecule has 1 aromatic rings. The Hall–Kier alpha value is -3.16. The summed E-state index contributed by atoms with van der Waals surface area (Å²) in [7, 11) is 0. The molecule has 0 radical (unpaired) electrons. The summed E-state index contributed by atoms with van der Waals surface area (Å²) in [6.45, 7) is 22.6. The third kappa shape index (κ3) is 6.26. The van der Waals surface area contributed by atoms with E-state index in [1.54, 1.807) is 26.0 Å². The van der Waals surface area contributed by atoms with Crippen LogP contribution in [0.5, 0.6) is 0 Å². The van der Waals surface area contributed by atoms with Crippen LogP contribution in [0, 0.1) is 62.1 Å². The van der Waals surface area contributed by atoms with Gasteiger partial charge in [-0.1, -0.05) is 58.9 Å². The van der Waals surface area contributed by atoms with E-state index in [1.807, 2.05) is 12.1 Å². The van der Waals surface area contributed by atoms with Crippen molar-refractivity contribution < 1.29 is 34.1 Å². The molecule has 0 unspecified atom stereocenters. The second-order valence-electron chi connectivity index (χ2n) is 20.1. The third-order valence-electron chi connectivity index (χ3n) is 16.8. The molecule has 8 nitrogen and oxygen atoms in total. The number of carboxylic acids is 2. The molecule has 1 aromatic carbocycles. The van der Waals surface area contributed by atoms with Crippen LogP contribution in [-0.2, 0) is 25.5 Å². The van der Waals surface area contributed by atoms with E-state index >= 15 is 0 Å². The quantitative estimate of drug-likeness (QED) is 0.162. The topological polar surface area (TPSA) is 130 Å². The van der Waals surface area contributed by atoms with Crippen LogP contribution in [0.1, 0.15) is 142 Å². The molecular formula is C45H65NO7. The minimum atomic E-state index is -1.16. The molecule has 292 valence electrons. The number of aromatic carboxylic acids is 1. The Kier molecular flexibility index (Phi) is 10.1. The molecule has 0 saturated heterocycles. The van der Waals surface area contributed by atoms with Gasteiger partial charge in [0.05, 0.1) is 22.8 Å². The number of fused-ring (bicyclic) bond motifs is 7. The molecule has 5 fully saturated rings. The third-order valence-corrected chi connectivity index (χ3v) is 16.8. The number of benzene rings is 1. The fraction of sp³-hybridized carbons (Fsp3) is 0.733. The summed E-state index contributed by atoms with van der Waals surface area (Å²) in [5.74, 6) is -0.220. The van der Waals surface area contributed by atoms with Gasteiger partial charge in [-0.05, 0) is 155 Å². The van der Waals surface area contributed by atoms with Crippen LogP contribution >= 0.6 is 0 Å². The van der Waals surface area contributed by atoms with E-state index in [-0.39, 0.29) is 51.6 Å². The molecule has 1 amide bonds. The summed E-state index contributed by atoms with van der Waals surface area (Å²) in [6, 6.07) is 6.94. The number of esters is 1. The Morgan fingerprint density at radius 2 is 1.53 bits per heavy atom. The number of carboxylic acid groups (broad SMARTS) is 2. The number of amides is 1. The monoisotopic (exact) mass is 731 g/mol. The van der Waals surface area contributed by atoms with E-state index in [9.17, 15) is 29.4 Å². The molecule has 5 aliphatic rings. The van der Waals surface area contributed by atoms with Gasteiger partial charge >= 0.3 is 17.9 Å². The standard InChI is InChI=1S/C45H65NO7/c1-27(2)30-16-22-45(38(50)46-25-19-28-10-12-29(13-11-28)37(48)49)24-23-43(8)31(36(30)45)14-15-33-42(7)20-18-34(53-35(47)26-40(3,4)39(51)52)41(5,6)32(42)17-21-44(33,43)9/h10-13,30-34,36H,1,14-26H2,2-9H3,(H,46,50)(H,48,49)(H,51,52)/t30-,31+,32-,33+,34-,36+,42-,43+,44+,45-/m0/s1. The highest BCUT2D eigenvalue weighted by Crippen LogP contribution is 2.77. The number of allylic oxidation sites excluding steroid dienone is 1. The zero-order valence-electron chi connectivity index (χ0n) is 33.6. The first-order chi connectivity index (χ1) is 24.6. The second kappa shape index (κ2) is 13.5. The van der Waals surface area contributed by atoms with Gasteiger partial charge in [0.25, 0.3) is 0 Å². The van der Waals surface area contributed by atoms with Crippen LogP contribution in [0.25, 0.3) is 0 Å². The van der Waals surface area contributed by atoms with Crippen molar-refractivity contribution in [3.8, 4) is 0 Å². The Morgan fingerprint density at radius 3 is 2.15 bits per heavy atom. The summed E-state index contributed by atoms with van der Waals surface area (Å²) < 4.78 is 6.17. The molecule has 53 heavy (non-hydrogen) atoms. The van der Waals surface area contributed by atoms with Crippen molar-refractivity contribution in [3.05, 3.63) is 47.5 Å². The fourth-order valence-electron chi connectivity index (χ4n) is 13.7. The van der Waals surface area contributed by atoms with Crippen molar-refractivity contribution in [2.24, 2.45) is 62.1 Å². The predicted molar refractivity (Wildman–Crippen MR) is 205 cm³/mol. The van der Waals surface area contributed by atoms with E-state index in [4.69, 9.17) is 4.74 Å². The van der Waals surface area contributed by atoms with Crippen molar-refractivity contribution in [2.45, 2.75) is 139 Å². The van der Waals surface area contributed by atoms with Crippen molar-refractivity contribution in [3.63, 3.8) is 0 Å². The fourth-order valence-corrected chi connectivity index (χ4v) is 13.7. The SMILES string of the molecule is C=C(C)[C@@H]1CC[C@]2(C(=O)NCCc3ccc(C(=O)O)cc3)CC[C@]3(C)[C@H](CC[C@@H]4[C@@]5(C)CC[C@H](OC(=O)CC(C)(C)C(=O)O)C(C)(C)[C@@H]5CC[C@]43C)[C@@H]12. The van der Waals surface area contributed by atoms with Gasteiger partial charge < -0.3 is 20.3 Å². The van der Waals surface area contributed by atoms with E-state index in [0.29, 0.717) is 36.6 Å². The zero-order valence-corrected chi connectivity index (χ0v) is 33.6.